The van der Waals surface area contributed by atoms with E-state index in [9.17, 15) is 0 Å². The quantitative estimate of drug-likeness (QED) is 0.204. The molecule has 0 aliphatic carbocycles. The van der Waals surface area contributed by atoms with Crippen LogP contribution in [0.15, 0.2) is 140 Å². The molecule has 2 aliphatic rings. The molecule has 0 radical (unpaired) electrons. The minimum Gasteiger partial charge on any atom is -0.310 e. The second kappa shape index (κ2) is 9.97. The second-order valence-corrected chi connectivity index (χ2v) is 13.6. The zero-order chi connectivity index (χ0) is 30.9. The van der Waals surface area contributed by atoms with E-state index >= 15 is 0 Å². The van der Waals surface area contributed by atoms with Crippen LogP contribution >= 0.6 is 0 Å². The van der Waals surface area contributed by atoms with Gasteiger partial charge in [-0.25, -0.2) is 0 Å². The molecule has 0 saturated carbocycles. The van der Waals surface area contributed by atoms with Gasteiger partial charge in [-0.1, -0.05) is 124 Å². The summed E-state index contributed by atoms with van der Waals surface area (Å²) in [6.07, 6.45) is 0. The van der Waals surface area contributed by atoms with Crippen LogP contribution in [0.2, 0.25) is 0 Å². The molecule has 0 fully saturated rings. The Morgan fingerprint density at radius 3 is 1.64 bits per heavy atom. The molecular weight excluding hydrogens is 544 g/mol. The molecule has 0 N–H and O–H groups in total. The van der Waals surface area contributed by atoms with Crippen LogP contribution in [0.3, 0.4) is 0 Å². The molecule has 0 saturated heterocycles. The molecule has 6 aromatic carbocycles. The Hall–Kier alpha value is -5.08. The van der Waals surface area contributed by atoms with Crippen molar-refractivity contribution in [2.24, 2.45) is 0 Å². The number of fused-ring (bicyclic) bond motifs is 4. The summed E-state index contributed by atoms with van der Waals surface area (Å²) in [4.78, 5) is 4.92. The normalized spacial score (nSPS) is 15.1. The van der Waals surface area contributed by atoms with E-state index in [2.05, 4.69) is 184 Å². The van der Waals surface area contributed by atoms with Crippen molar-refractivity contribution >= 4 is 34.1 Å². The van der Waals surface area contributed by atoms with Crippen LogP contribution in [0.5, 0.6) is 0 Å². The highest BCUT2D eigenvalue weighted by molar-refractivity contribution is 5.94. The van der Waals surface area contributed by atoms with Crippen LogP contribution in [-0.2, 0) is 10.8 Å². The van der Waals surface area contributed by atoms with E-state index in [0.717, 1.165) is 17.1 Å². The predicted octanol–water partition coefficient (Wildman–Crippen LogP) is 11.9. The van der Waals surface area contributed by atoms with Crippen molar-refractivity contribution in [2.45, 2.75) is 45.4 Å². The SMILES string of the molecule is Cc1ccc(N(c2ccc(-c3ccccc3)cc2)c2ccc3c(c2)C(C)(C)c2cccc4c2N3c2ccccc2C4(C)C)cc1. The standard InChI is InChI=1S/C43H38N2/c1-29-18-22-32(23-19-29)44(33-24-20-31(21-25-33)30-12-7-6-8-13-30)34-26-27-40-38(28-34)43(4,5)37-16-11-15-36-41(37)45(40)39-17-10-9-14-35(39)42(36,2)3/h6-28H,1-5H3. The topological polar surface area (TPSA) is 6.48 Å². The van der Waals surface area contributed by atoms with Gasteiger partial charge in [0.25, 0.3) is 0 Å². The Labute approximate surface area is 267 Å². The van der Waals surface area contributed by atoms with Crippen molar-refractivity contribution in [3.8, 4) is 11.1 Å². The van der Waals surface area contributed by atoms with E-state index in [0.29, 0.717) is 0 Å². The number of benzene rings is 6. The first-order valence-corrected chi connectivity index (χ1v) is 16.0. The van der Waals surface area contributed by atoms with Crippen LogP contribution in [0, 0.1) is 6.92 Å². The highest BCUT2D eigenvalue weighted by Gasteiger charge is 2.45. The van der Waals surface area contributed by atoms with E-state index in [1.165, 1.54) is 56.0 Å². The number of rotatable bonds is 4. The molecule has 0 bridgehead atoms. The lowest BCUT2D eigenvalue weighted by Gasteiger charge is -2.49. The molecular formula is C43H38N2. The molecule has 6 aromatic rings. The van der Waals surface area contributed by atoms with E-state index < -0.39 is 0 Å². The molecule has 0 amide bonds. The molecule has 0 aromatic heterocycles. The lowest BCUT2D eigenvalue weighted by Crippen LogP contribution is -2.38. The van der Waals surface area contributed by atoms with Gasteiger partial charge < -0.3 is 9.80 Å². The third-order valence-corrected chi connectivity index (χ3v) is 10.1. The fourth-order valence-electron chi connectivity index (χ4n) is 7.58. The minimum absolute atomic E-state index is 0.0832. The number of anilines is 6. The smallest absolute Gasteiger partial charge is 0.0543 e. The Kier molecular flexibility index (Phi) is 6.09. The summed E-state index contributed by atoms with van der Waals surface area (Å²) < 4.78 is 0. The minimum atomic E-state index is -0.189. The predicted molar refractivity (Wildman–Crippen MR) is 190 cm³/mol. The van der Waals surface area contributed by atoms with Gasteiger partial charge in [-0.3, -0.25) is 0 Å². The summed E-state index contributed by atoms with van der Waals surface area (Å²) in [7, 11) is 0. The maximum Gasteiger partial charge on any atom is 0.0543 e. The molecule has 2 heteroatoms. The fourth-order valence-corrected chi connectivity index (χ4v) is 7.58. The Bertz CT molecular complexity index is 2050. The third-order valence-electron chi connectivity index (χ3n) is 10.1. The lowest BCUT2D eigenvalue weighted by atomic mass is 9.66. The molecule has 2 heterocycles. The van der Waals surface area contributed by atoms with Crippen LogP contribution < -0.4 is 9.80 Å². The van der Waals surface area contributed by atoms with Gasteiger partial charge in [0.1, 0.15) is 0 Å². The average molecular weight is 583 g/mol. The van der Waals surface area contributed by atoms with Crippen molar-refractivity contribution in [1.82, 2.24) is 0 Å². The van der Waals surface area contributed by atoms with Crippen molar-refractivity contribution in [3.05, 3.63) is 167 Å². The van der Waals surface area contributed by atoms with Gasteiger partial charge in [-0.2, -0.15) is 0 Å². The zero-order valence-electron chi connectivity index (χ0n) is 26.7. The maximum atomic E-state index is 2.53. The summed E-state index contributed by atoms with van der Waals surface area (Å²) in [6, 6.07) is 51.4. The van der Waals surface area contributed by atoms with Crippen molar-refractivity contribution in [3.63, 3.8) is 0 Å². The van der Waals surface area contributed by atoms with Crippen LogP contribution in [-0.4, -0.2) is 0 Å². The molecule has 2 nitrogen and oxygen atoms in total. The Morgan fingerprint density at radius 1 is 0.444 bits per heavy atom. The van der Waals surface area contributed by atoms with Gasteiger partial charge in [0, 0.05) is 27.9 Å². The fraction of sp³-hybridized carbons (Fsp3) is 0.163. The first-order chi connectivity index (χ1) is 21.7. The number of nitrogens with zero attached hydrogens (tertiary/aromatic N) is 2. The van der Waals surface area contributed by atoms with Crippen molar-refractivity contribution < 1.29 is 0 Å². The van der Waals surface area contributed by atoms with Crippen LogP contribution in [0.4, 0.5) is 34.1 Å². The second-order valence-electron chi connectivity index (χ2n) is 13.6. The van der Waals surface area contributed by atoms with Gasteiger partial charge in [-0.15, -0.1) is 0 Å². The molecule has 0 unspecified atom stereocenters. The molecule has 45 heavy (non-hydrogen) atoms. The number of hydrogen-bond donors (Lipinski definition) is 0. The first kappa shape index (κ1) is 27.5. The van der Waals surface area contributed by atoms with Crippen LogP contribution in [0.1, 0.15) is 55.5 Å². The number of aryl methyl sites for hydroxylation is 1. The number of hydrogen-bond acceptors (Lipinski definition) is 2. The van der Waals surface area contributed by atoms with E-state index in [1.54, 1.807) is 0 Å². The van der Waals surface area contributed by atoms with Gasteiger partial charge in [-0.05, 0) is 88.8 Å². The van der Waals surface area contributed by atoms with Gasteiger partial charge in [0.2, 0.25) is 0 Å². The molecule has 0 spiro atoms. The molecule has 0 atom stereocenters. The highest BCUT2D eigenvalue weighted by atomic mass is 15.2. The van der Waals surface area contributed by atoms with E-state index in [1.807, 2.05) is 0 Å². The van der Waals surface area contributed by atoms with Gasteiger partial charge >= 0.3 is 0 Å². The average Bonchev–Trinajstić information content (AvgIpc) is 3.06. The summed E-state index contributed by atoms with van der Waals surface area (Å²) in [5, 5.41) is 0. The zero-order valence-corrected chi connectivity index (χ0v) is 26.7. The largest absolute Gasteiger partial charge is 0.310 e. The lowest BCUT2D eigenvalue weighted by molar-refractivity contribution is 0.597. The molecule has 220 valence electrons. The van der Waals surface area contributed by atoms with Crippen molar-refractivity contribution in [2.75, 3.05) is 9.80 Å². The van der Waals surface area contributed by atoms with Crippen LogP contribution in [0.25, 0.3) is 11.1 Å². The molecule has 2 aliphatic heterocycles. The Morgan fingerprint density at radius 2 is 0.956 bits per heavy atom. The number of para-hydroxylation sites is 2. The third kappa shape index (κ3) is 4.16. The van der Waals surface area contributed by atoms with Crippen molar-refractivity contribution in [1.29, 1.82) is 0 Å². The van der Waals surface area contributed by atoms with Gasteiger partial charge in [0.15, 0.2) is 0 Å². The summed E-state index contributed by atoms with van der Waals surface area (Å²) >= 11 is 0. The van der Waals surface area contributed by atoms with Gasteiger partial charge in [0.05, 0.1) is 17.1 Å². The van der Waals surface area contributed by atoms with E-state index in [-0.39, 0.29) is 10.8 Å². The maximum absolute atomic E-state index is 2.53. The Balaban J connectivity index is 1.31. The molecule has 8 rings (SSSR count). The summed E-state index contributed by atoms with van der Waals surface area (Å²) in [5.74, 6) is 0. The summed E-state index contributed by atoms with van der Waals surface area (Å²) in [6.45, 7) is 11.7. The van der Waals surface area contributed by atoms with E-state index in [4.69, 9.17) is 0 Å². The highest BCUT2D eigenvalue weighted by Crippen LogP contribution is 2.60. The first-order valence-electron chi connectivity index (χ1n) is 16.0. The summed E-state index contributed by atoms with van der Waals surface area (Å²) in [5.41, 5.74) is 16.2. The monoisotopic (exact) mass is 582 g/mol.